The molecule has 0 unspecified atom stereocenters. The zero-order chi connectivity index (χ0) is 29.9. The monoisotopic (exact) mass is 648 g/mol. The minimum atomic E-state index is -0.743. The maximum atomic E-state index is 13.6. The quantitative estimate of drug-likeness (QED) is 0.201. The zero-order valence-electron chi connectivity index (χ0n) is 24.3. The molecule has 0 radical (unpaired) electrons. The minimum Gasteiger partial charge on any atom is -0.354 e. The molecule has 8 rings (SSSR count). The molecule has 2 aliphatic heterocycles. The van der Waals surface area contributed by atoms with Crippen molar-refractivity contribution < 1.29 is 8.78 Å². The molecule has 2 aliphatic rings. The molecule has 224 valence electrons. The highest BCUT2D eigenvalue weighted by atomic mass is 79.9. The topological polar surface area (TPSA) is 76.7 Å². The van der Waals surface area contributed by atoms with Crippen molar-refractivity contribution in [3.63, 3.8) is 0 Å². The Labute approximate surface area is 257 Å². The molecule has 43 heavy (non-hydrogen) atoms. The average molecular weight is 650 g/mol. The molecule has 8 heterocycles. The summed E-state index contributed by atoms with van der Waals surface area (Å²) in [5.74, 6) is 0.865. The molecule has 0 aliphatic carbocycles. The third kappa shape index (κ3) is 6.19. The van der Waals surface area contributed by atoms with Gasteiger partial charge in [-0.3, -0.25) is 9.97 Å². The number of halogens is 3. The third-order valence-electron chi connectivity index (χ3n) is 8.16. The summed E-state index contributed by atoms with van der Waals surface area (Å²) in [4.78, 5) is 19.6. The van der Waals surface area contributed by atoms with Gasteiger partial charge in [0.25, 0.3) is 0 Å². The molecule has 6 aromatic rings. The predicted octanol–water partition coefficient (Wildman–Crippen LogP) is 6.65. The number of anilines is 1. The van der Waals surface area contributed by atoms with Gasteiger partial charge in [0.05, 0.1) is 17.6 Å². The van der Waals surface area contributed by atoms with E-state index in [0.717, 1.165) is 86.6 Å². The minimum absolute atomic E-state index is 0.448. The fraction of sp³-hybridized carbons (Fsp3) is 0.375. The SMILES string of the molecule is Cn1c2ccncc2c2ccc(Br)nc21.Cn1c2ccncc2c2ccc(N3CCC[C@H](F)C3)nc21.F[C@H]1CCCNC1. The Morgan fingerprint density at radius 2 is 1.40 bits per heavy atom. The van der Waals surface area contributed by atoms with E-state index in [1.165, 1.54) is 0 Å². The van der Waals surface area contributed by atoms with Crippen LogP contribution in [0.25, 0.3) is 43.9 Å². The Morgan fingerprint density at radius 1 is 0.767 bits per heavy atom. The molecule has 11 heteroatoms. The van der Waals surface area contributed by atoms with Crippen LogP contribution in [0.3, 0.4) is 0 Å². The maximum Gasteiger partial charge on any atom is 0.143 e. The van der Waals surface area contributed by atoms with Crippen molar-refractivity contribution in [1.29, 1.82) is 0 Å². The van der Waals surface area contributed by atoms with Gasteiger partial charge in [-0.25, -0.2) is 18.7 Å². The van der Waals surface area contributed by atoms with E-state index < -0.39 is 12.3 Å². The van der Waals surface area contributed by atoms with Gasteiger partial charge in [-0.15, -0.1) is 0 Å². The van der Waals surface area contributed by atoms with Crippen LogP contribution in [0.4, 0.5) is 14.6 Å². The average Bonchev–Trinajstić information content (AvgIpc) is 3.48. The molecule has 0 spiro atoms. The Hall–Kier alpha value is -3.70. The number of alkyl halides is 2. The predicted molar refractivity (Wildman–Crippen MR) is 173 cm³/mol. The molecule has 8 nitrogen and oxygen atoms in total. The van der Waals surface area contributed by atoms with Crippen molar-refractivity contribution in [2.24, 2.45) is 14.1 Å². The number of nitrogens with zero attached hydrogens (tertiary/aromatic N) is 7. The molecule has 0 bridgehead atoms. The molecule has 2 saturated heterocycles. The van der Waals surface area contributed by atoms with Gasteiger partial charge in [-0.1, -0.05) is 0 Å². The molecule has 0 saturated carbocycles. The summed E-state index contributed by atoms with van der Waals surface area (Å²) >= 11 is 3.38. The number of aryl methyl sites for hydroxylation is 2. The third-order valence-corrected chi connectivity index (χ3v) is 8.60. The number of fused-ring (bicyclic) bond motifs is 6. The number of nitrogens with one attached hydrogen (secondary N) is 1. The number of pyridine rings is 4. The lowest BCUT2D eigenvalue weighted by Crippen LogP contribution is -2.36. The Bertz CT molecular complexity index is 1860. The number of hydrogen-bond acceptors (Lipinski definition) is 6. The van der Waals surface area contributed by atoms with Crippen molar-refractivity contribution in [3.05, 3.63) is 65.8 Å². The van der Waals surface area contributed by atoms with E-state index in [1.807, 2.05) is 55.7 Å². The number of aromatic nitrogens is 6. The van der Waals surface area contributed by atoms with Crippen LogP contribution in [0.1, 0.15) is 25.7 Å². The van der Waals surface area contributed by atoms with Crippen LogP contribution in [0.5, 0.6) is 0 Å². The second-order valence-corrected chi connectivity index (χ2v) is 11.9. The Kier molecular flexibility index (Phi) is 8.80. The number of piperidine rings is 2. The first-order valence-corrected chi connectivity index (χ1v) is 15.5. The van der Waals surface area contributed by atoms with Crippen molar-refractivity contribution in [1.82, 2.24) is 34.4 Å². The lowest BCUT2D eigenvalue weighted by atomic mass is 10.1. The maximum absolute atomic E-state index is 13.6. The van der Waals surface area contributed by atoms with Crippen molar-refractivity contribution in [2.75, 3.05) is 31.1 Å². The van der Waals surface area contributed by atoms with Gasteiger partial charge >= 0.3 is 0 Å². The molecular formula is C32H35BrF2N8. The smallest absolute Gasteiger partial charge is 0.143 e. The van der Waals surface area contributed by atoms with Crippen LogP contribution in [-0.2, 0) is 14.1 Å². The molecule has 2 atom stereocenters. The highest BCUT2D eigenvalue weighted by Gasteiger charge is 2.21. The summed E-state index contributed by atoms with van der Waals surface area (Å²) in [5, 5.41) is 7.45. The van der Waals surface area contributed by atoms with Gasteiger partial charge in [0.15, 0.2) is 0 Å². The van der Waals surface area contributed by atoms with Gasteiger partial charge in [0.1, 0.15) is 34.1 Å². The van der Waals surface area contributed by atoms with E-state index in [9.17, 15) is 8.78 Å². The number of hydrogen-bond donors (Lipinski definition) is 1. The largest absolute Gasteiger partial charge is 0.354 e. The summed E-state index contributed by atoms with van der Waals surface area (Å²) in [5.41, 5.74) is 4.18. The first-order chi connectivity index (χ1) is 20.9. The van der Waals surface area contributed by atoms with Crippen molar-refractivity contribution >= 4 is 65.6 Å². The summed E-state index contributed by atoms with van der Waals surface area (Å²) in [7, 11) is 4.03. The van der Waals surface area contributed by atoms with Crippen LogP contribution in [0.2, 0.25) is 0 Å². The molecule has 0 aromatic carbocycles. The number of rotatable bonds is 1. The van der Waals surface area contributed by atoms with Gasteiger partial charge in [0, 0.05) is 73.5 Å². The van der Waals surface area contributed by atoms with E-state index in [1.54, 1.807) is 12.4 Å². The summed E-state index contributed by atoms with van der Waals surface area (Å²) in [6.07, 6.45) is 9.34. The first kappa shape index (κ1) is 29.4. The normalized spacial score (nSPS) is 18.9. The van der Waals surface area contributed by atoms with Crippen LogP contribution in [0.15, 0.2) is 65.8 Å². The van der Waals surface area contributed by atoms with E-state index in [2.05, 4.69) is 57.5 Å². The van der Waals surface area contributed by atoms with Crippen LogP contribution in [-0.4, -0.2) is 67.6 Å². The van der Waals surface area contributed by atoms with Crippen LogP contribution >= 0.6 is 15.9 Å². The fourth-order valence-electron chi connectivity index (χ4n) is 5.92. The molecular weight excluding hydrogens is 614 g/mol. The first-order valence-electron chi connectivity index (χ1n) is 14.7. The standard InChI is InChI=1S/C16H17FN4.C11H8BrN3.C5H10FN/c1-20-14-6-7-18-9-13(14)12-4-5-15(19-16(12)20)21-8-2-3-11(17)10-21;1-15-9-4-5-13-6-8(9)7-2-3-10(12)14-11(7)15;6-5-2-1-3-7-4-5/h4-7,9,11H,2-3,8,10H2,1H3;2-6H,1H3;5,7H,1-4H2/t11-;;5-/m0.0/s1. The Morgan fingerprint density at radius 3 is 1.98 bits per heavy atom. The molecule has 0 amide bonds. The van der Waals surface area contributed by atoms with E-state index >= 15 is 0 Å². The summed E-state index contributed by atoms with van der Waals surface area (Å²) in [6, 6.07) is 12.1. The van der Waals surface area contributed by atoms with Gasteiger partial charge in [-0.05, 0) is 84.6 Å². The van der Waals surface area contributed by atoms with Crippen LogP contribution in [0, 0.1) is 0 Å². The Balaban J connectivity index is 0.000000130. The molecule has 2 fully saturated rings. The second-order valence-electron chi connectivity index (χ2n) is 11.1. The van der Waals surface area contributed by atoms with Crippen molar-refractivity contribution in [3.8, 4) is 0 Å². The summed E-state index contributed by atoms with van der Waals surface area (Å²) < 4.78 is 30.7. The highest BCUT2D eigenvalue weighted by molar-refractivity contribution is 9.10. The second kappa shape index (κ2) is 12.9. The van der Waals surface area contributed by atoms with Gasteiger partial charge in [0.2, 0.25) is 0 Å². The lowest BCUT2D eigenvalue weighted by molar-refractivity contribution is 0.266. The molecule has 6 aromatic heterocycles. The zero-order valence-corrected chi connectivity index (χ0v) is 25.9. The fourth-order valence-corrected chi connectivity index (χ4v) is 6.22. The van der Waals surface area contributed by atoms with E-state index in [4.69, 9.17) is 4.98 Å². The van der Waals surface area contributed by atoms with Gasteiger partial charge in [-0.2, -0.15) is 0 Å². The van der Waals surface area contributed by atoms with E-state index in [0.29, 0.717) is 19.5 Å². The lowest BCUT2D eigenvalue weighted by Gasteiger charge is -2.29. The van der Waals surface area contributed by atoms with Crippen LogP contribution < -0.4 is 10.2 Å². The molecule has 1 N–H and O–H groups in total. The van der Waals surface area contributed by atoms with Crippen molar-refractivity contribution in [2.45, 2.75) is 38.0 Å². The van der Waals surface area contributed by atoms with E-state index in [-0.39, 0.29) is 0 Å². The summed E-state index contributed by atoms with van der Waals surface area (Å²) in [6.45, 7) is 2.90. The highest BCUT2D eigenvalue weighted by Crippen LogP contribution is 2.29. The van der Waals surface area contributed by atoms with Gasteiger partial charge < -0.3 is 19.4 Å².